The molecular formula is C18H19ClNO. The zero-order valence-electron chi connectivity index (χ0n) is 12.0. The zero-order valence-corrected chi connectivity index (χ0v) is 12.7. The molecule has 0 bridgehead atoms. The van der Waals surface area contributed by atoms with E-state index in [4.69, 9.17) is 16.3 Å². The molecule has 0 N–H and O–H groups in total. The van der Waals surface area contributed by atoms with Crippen LogP contribution in [-0.2, 0) is 6.54 Å². The van der Waals surface area contributed by atoms with Crippen molar-refractivity contribution >= 4 is 11.6 Å². The molecule has 1 saturated heterocycles. The van der Waals surface area contributed by atoms with Gasteiger partial charge in [0.05, 0.1) is 5.02 Å². The number of benzene rings is 2. The van der Waals surface area contributed by atoms with E-state index in [0.29, 0.717) is 10.8 Å². The van der Waals surface area contributed by atoms with Crippen molar-refractivity contribution in [1.29, 1.82) is 0 Å². The quantitative estimate of drug-likeness (QED) is 0.793. The van der Waals surface area contributed by atoms with Crippen molar-refractivity contribution in [3.05, 3.63) is 65.5 Å². The summed E-state index contributed by atoms with van der Waals surface area (Å²) in [5, 5.41) is 0.634. The average molecular weight is 301 g/mol. The third-order valence-corrected chi connectivity index (χ3v) is 3.98. The van der Waals surface area contributed by atoms with Gasteiger partial charge in [0.15, 0.2) is 0 Å². The molecule has 2 nitrogen and oxygen atoms in total. The topological polar surface area (TPSA) is 12.5 Å². The summed E-state index contributed by atoms with van der Waals surface area (Å²) in [5.74, 6) is 1.54. The number of para-hydroxylation sites is 1. The molecule has 3 rings (SSSR count). The molecule has 1 aliphatic heterocycles. The Labute approximate surface area is 131 Å². The predicted octanol–water partition coefficient (Wildman–Crippen LogP) is 4.93. The summed E-state index contributed by atoms with van der Waals surface area (Å²) in [6.07, 6.45) is 4.75. The lowest BCUT2D eigenvalue weighted by Gasteiger charge is -2.26. The number of nitrogens with zero attached hydrogens (tertiary/aromatic N) is 1. The number of ether oxygens (including phenoxy) is 1. The lowest BCUT2D eigenvalue weighted by atomic mass is 10.1. The van der Waals surface area contributed by atoms with Crippen molar-refractivity contribution in [2.45, 2.75) is 19.4 Å². The molecule has 0 unspecified atom stereocenters. The fourth-order valence-corrected chi connectivity index (χ4v) is 2.76. The molecule has 3 heteroatoms. The Morgan fingerprint density at radius 2 is 1.81 bits per heavy atom. The van der Waals surface area contributed by atoms with Gasteiger partial charge in [-0.05, 0) is 62.2 Å². The molecule has 0 saturated carbocycles. The zero-order chi connectivity index (χ0) is 14.5. The van der Waals surface area contributed by atoms with E-state index >= 15 is 0 Å². The van der Waals surface area contributed by atoms with Gasteiger partial charge >= 0.3 is 0 Å². The second-order valence-corrected chi connectivity index (χ2v) is 5.73. The summed E-state index contributed by atoms with van der Waals surface area (Å²) in [6.45, 7) is 3.28. The maximum absolute atomic E-state index is 6.13. The fraction of sp³-hybridized carbons (Fsp3) is 0.278. The summed E-state index contributed by atoms with van der Waals surface area (Å²) in [7, 11) is 0. The van der Waals surface area contributed by atoms with Gasteiger partial charge in [0.1, 0.15) is 11.5 Å². The summed E-state index contributed by atoms with van der Waals surface area (Å²) < 4.78 is 5.88. The van der Waals surface area contributed by atoms with Gasteiger partial charge < -0.3 is 4.74 Å². The average Bonchev–Trinajstić information content (AvgIpc) is 2.51. The number of hydrogen-bond donors (Lipinski definition) is 0. The Morgan fingerprint density at radius 3 is 2.62 bits per heavy atom. The molecule has 0 amide bonds. The van der Waals surface area contributed by atoms with Crippen LogP contribution in [0.2, 0.25) is 5.02 Å². The predicted molar refractivity (Wildman–Crippen MR) is 86.8 cm³/mol. The minimum atomic E-state index is 0.634. The Balaban J connectivity index is 1.69. The van der Waals surface area contributed by atoms with Gasteiger partial charge in [-0.25, -0.2) is 0 Å². The van der Waals surface area contributed by atoms with Crippen LogP contribution in [0.5, 0.6) is 11.5 Å². The van der Waals surface area contributed by atoms with Gasteiger partial charge in [0.25, 0.3) is 0 Å². The van der Waals surface area contributed by atoms with E-state index in [1.165, 1.54) is 18.4 Å². The first-order chi connectivity index (χ1) is 10.3. The number of halogens is 1. The second kappa shape index (κ2) is 6.97. The van der Waals surface area contributed by atoms with Crippen LogP contribution < -0.4 is 4.74 Å². The Bertz CT molecular complexity index is 593. The molecule has 0 aromatic heterocycles. The summed E-state index contributed by atoms with van der Waals surface area (Å²) in [4.78, 5) is 2.48. The Morgan fingerprint density at radius 1 is 1.00 bits per heavy atom. The minimum absolute atomic E-state index is 0.634. The molecule has 2 aromatic carbocycles. The van der Waals surface area contributed by atoms with Crippen molar-refractivity contribution < 1.29 is 4.74 Å². The third kappa shape index (κ3) is 3.99. The molecule has 2 aromatic rings. The number of likely N-dealkylation sites (tertiary alicyclic amines) is 1. The van der Waals surface area contributed by atoms with Crippen LogP contribution in [0.1, 0.15) is 18.4 Å². The maximum Gasteiger partial charge on any atom is 0.146 e. The van der Waals surface area contributed by atoms with Crippen molar-refractivity contribution in [3.8, 4) is 11.5 Å². The molecule has 0 aliphatic carbocycles. The monoisotopic (exact) mass is 300 g/mol. The van der Waals surface area contributed by atoms with Crippen LogP contribution in [-0.4, -0.2) is 18.0 Å². The van der Waals surface area contributed by atoms with Crippen molar-refractivity contribution in [3.63, 3.8) is 0 Å². The summed E-state index contributed by atoms with van der Waals surface area (Å²) in [5.41, 5.74) is 1.28. The van der Waals surface area contributed by atoms with Gasteiger partial charge in [0, 0.05) is 6.54 Å². The molecule has 1 radical (unpaired) electrons. The number of rotatable bonds is 4. The molecule has 1 fully saturated rings. The third-order valence-electron chi connectivity index (χ3n) is 3.67. The van der Waals surface area contributed by atoms with E-state index in [1.807, 2.05) is 36.4 Å². The summed E-state index contributed by atoms with van der Waals surface area (Å²) >= 11 is 6.13. The van der Waals surface area contributed by atoms with Crippen molar-refractivity contribution in [2.24, 2.45) is 0 Å². The van der Waals surface area contributed by atoms with E-state index in [0.717, 1.165) is 25.4 Å². The van der Waals surface area contributed by atoms with E-state index in [9.17, 15) is 0 Å². The molecule has 21 heavy (non-hydrogen) atoms. The first-order valence-electron chi connectivity index (χ1n) is 7.36. The van der Waals surface area contributed by atoms with Crippen LogP contribution in [0.15, 0.2) is 48.5 Å². The van der Waals surface area contributed by atoms with Gasteiger partial charge in [-0.1, -0.05) is 35.9 Å². The normalized spacial score (nSPS) is 15.9. The van der Waals surface area contributed by atoms with Gasteiger partial charge in [-0.15, -0.1) is 0 Å². The van der Waals surface area contributed by atoms with Crippen LogP contribution in [0, 0.1) is 6.42 Å². The van der Waals surface area contributed by atoms with Crippen molar-refractivity contribution in [2.75, 3.05) is 13.1 Å². The van der Waals surface area contributed by atoms with Crippen molar-refractivity contribution in [1.82, 2.24) is 4.90 Å². The SMILES string of the molecule is Clc1ccccc1Oc1cccc(CN2CC[CH]CC2)c1. The second-order valence-electron chi connectivity index (χ2n) is 5.32. The smallest absolute Gasteiger partial charge is 0.146 e. The first kappa shape index (κ1) is 14.4. The molecule has 109 valence electrons. The largest absolute Gasteiger partial charge is 0.456 e. The highest BCUT2D eigenvalue weighted by Gasteiger charge is 2.11. The lowest BCUT2D eigenvalue weighted by molar-refractivity contribution is 0.246. The van der Waals surface area contributed by atoms with E-state index in [2.05, 4.69) is 23.5 Å². The highest BCUT2D eigenvalue weighted by atomic mass is 35.5. The highest BCUT2D eigenvalue weighted by Crippen LogP contribution is 2.29. The van der Waals surface area contributed by atoms with Gasteiger partial charge in [-0.3, -0.25) is 4.90 Å². The van der Waals surface area contributed by atoms with Gasteiger partial charge in [0.2, 0.25) is 0 Å². The lowest BCUT2D eigenvalue weighted by Crippen LogP contribution is -2.29. The van der Waals surface area contributed by atoms with E-state index in [1.54, 1.807) is 0 Å². The molecular weight excluding hydrogens is 282 g/mol. The van der Waals surface area contributed by atoms with Crippen LogP contribution in [0.4, 0.5) is 0 Å². The van der Waals surface area contributed by atoms with Crippen LogP contribution in [0.3, 0.4) is 0 Å². The maximum atomic E-state index is 6.13. The van der Waals surface area contributed by atoms with Crippen LogP contribution >= 0.6 is 11.6 Å². The van der Waals surface area contributed by atoms with Crippen LogP contribution in [0.25, 0.3) is 0 Å². The highest BCUT2D eigenvalue weighted by molar-refractivity contribution is 6.32. The molecule has 0 atom stereocenters. The van der Waals surface area contributed by atoms with E-state index in [-0.39, 0.29) is 0 Å². The Kier molecular flexibility index (Phi) is 4.79. The number of piperidine rings is 1. The first-order valence-corrected chi connectivity index (χ1v) is 7.74. The fourth-order valence-electron chi connectivity index (χ4n) is 2.58. The number of hydrogen-bond acceptors (Lipinski definition) is 2. The Hall–Kier alpha value is -1.51. The minimum Gasteiger partial charge on any atom is -0.456 e. The molecule has 1 heterocycles. The molecule has 1 aliphatic rings. The molecule has 0 spiro atoms. The van der Waals surface area contributed by atoms with Gasteiger partial charge in [-0.2, -0.15) is 0 Å². The standard InChI is InChI=1S/C18H19ClNO/c19-17-9-2-3-10-18(17)21-16-8-6-7-15(13-16)14-20-11-4-1-5-12-20/h1-3,6-10,13H,4-5,11-12,14H2. The summed E-state index contributed by atoms with van der Waals surface area (Å²) in [6, 6.07) is 15.8. The van der Waals surface area contributed by atoms with E-state index < -0.39 is 0 Å².